The van der Waals surface area contributed by atoms with Crippen LogP contribution in [0.1, 0.15) is 144 Å². The third kappa shape index (κ3) is 5.30. The van der Waals surface area contributed by atoms with Crippen molar-refractivity contribution in [3.8, 4) is 0 Å². The average molecular weight is 695 g/mol. The second kappa shape index (κ2) is 11.9. The quantitative estimate of drug-likeness (QED) is 0.258. The Kier molecular flexibility index (Phi) is 8.41. The Labute approximate surface area is 296 Å². The summed E-state index contributed by atoms with van der Waals surface area (Å²) in [5.74, 6) is 4.85. The van der Waals surface area contributed by atoms with Crippen LogP contribution in [-0.4, -0.2) is 32.2 Å². The maximum absolute atomic E-state index is 13.5. The van der Waals surface area contributed by atoms with Crippen LogP contribution in [0, 0.1) is 69.0 Å². The third-order valence-corrected chi connectivity index (χ3v) is 18.6. The van der Waals surface area contributed by atoms with Crippen molar-refractivity contribution in [2.75, 3.05) is 0 Å². The lowest BCUT2D eigenvalue weighted by Crippen LogP contribution is -2.51. The largest absolute Gasteiger partial charge is 0.400 e. The minimum Gasteiger partial charge on any atom is -0.300 e. The number of carbonyl (C=O) groups is 2. The molecule has 0 bridgehead atoms. The Hall–Kier alpha value is -1.31. The van der Waals surface area contributed by atoms with Gasteiger partial charge in [-0.1, -0.05) is 51.0 Å². The molecule has 6 fully saturated rings. The summed E-state index contributed by atoms with van der Waals surface area (Å²) in [6, 6.07) is 0. The number of fused-ring (bicyclic) bond motifs is 10. The summed E-state index contributed by atoms with van der Waals surface area (Å²) < 4.78 is 38.7. The van der Waals surface area contributed by atoms with Crippen LogP contribution in [0.5, 0.6) is 0 Å². The van der Waals surface area contributed by atoms with Crippen molar-refractivity contribution in [2.45, 2.75) is 156 Å². The zero-order valence-corrected chi connectivity index (χ0v) is 31.9. The molecular formula is C42H62O6S. The Morgan fingerprint density at radius 1 is 0.592 bits per heavy atom. The van der Waals surface area contributed by atoms with Gasteiger partial charge in [-0.05, 0) is 174 Å². The van der Waals surface area contributed by atoms with Crippen molar-refractivity contribution in [2.24, 2.45) is 69.0 Å². The number of hydrogen-bond donors (Lipinski definition) is 0. The minimum atomic E-state index is -4.13. The summed E-state index contributed by atoms with van der Waals surface area (Å²) in [4.78, 5) is 25.1. The number of rotatable bonds is 6. The molecule has 2 unspecified atom stereocenters. The van der Waals surface area contributed by atoms with E-state index in [1.165, 1.54) is 36.8 Å². The molecule has 0 aromatic carbocycles. The predicted octanol–water partition coefficient (Wildman–Crippen LogP) is 9.34. The number of allylic oxidation sites excluding steroid dienone is 2. The number of carbonyl (C=O) groups excluding carboxylic acids is 2. The average Bonchev–Trinajstić information content (AvgIpc) is 3.58. The molecule has 6 nitrogen and oxygen atoms in total. The van der Waals surface area contributed by atoms with Crippen LogP contribution in [0.2, 0.25) is 0 Å². The van der Waals surface area contributed by atoms with Gasteiger partial charge in [0.25, 0.3) is 0 Å². The van der Waals surface area contributed by atoms with E-state index in [2.05, 4.69) is 39.8 Å². The van der Waals surface area contributed by atoms with Gasteiger partial charge in [0.1, 0.15) is 11.6 Å². The third-order valence-electron chi connectivity index (χ3n) is 17.6. The van der Waals surface area contributed by atoms with E-state index < -0.39 is 10.4 Å². The van der Waals surface area contributed by atoms with Gasteiger partial charge in [0.15, 0.2) is 0 Å². The second-order valence-corrected chi connectivity index (χ2v) is 20.6. The summed E-state index contributed by atoms with van der Waals surface area (Å²) in [7, 11) is -4.13. The summed E-state index contributed by atoms with van der Waals surface area (Å²) in [6.07, 6.45) is 19.9. The van der Waals surface area contributed by atoms with Gasteiger partial charge in [0, 0.05) is 11.8 Å². The molecule has 8 rings (SSSR count). The molecule has 8 aliphatic rings. The normalized spacial score (nSPS) is 50.4. The molecule has 272 valence electrons. The first-order valence-corrected chi connectivity index (χ1v) is 21.4. The Bertz CT molecular complexity index is 1450. The molecule has 0 aromatic rings. The first-order valence-electron chi connectivity index (χ1n) is 20.1. The van der Waals surface area contributed by atoms with Crippen molar-refractivity contribution in [1.29, 1.82) is 0 Å². The molecule has 0 radical (unpaired) electrons. The lowest BCUT2D eigenvalue weighted by atomic mass is 9.47. The molecule has 0 aliphatic heterocycles. The van der Waals surface area contributed by atoms with E-state index in [0.717, 1.165) is 64.2 Å². The van der Waals surface area contributed by atoms with E-state index in [1.807, 2.05) is 0 Å². The van der Waals surface area contributed by atoms with Crippen LogP contribution in [0.25, 0.3) is 0 Å². The van der Waals surface area contributed by atoms with Crippen molar-refractivity contribution in [3.63, 3.8) is 0 Å². The lowest BCUT2D eigenvalue weighted by Gasteiger charge is -2.58. The molecule has 7 heteroatoms. The molecule has 0 heterocycles. The van der Waals surface area contributed by atoms with Gasteiger partial charge in [-0.3, -0.25) is 9.59 Å². The zero-order valence-electron chi connectivity index (χ0n) is 31.1. The highest BCUT2D eigenvalue weighted by atomic mass is 32.3. The lowest BCUT2D eigenvalue weighted by molar-refractivity contribution is -0.128. The number of Topliss-reactive ketones (excluding diaryl/α,β-unsaturated/α-hetero) is 2. The highest BCUT2D eigenvalue weighted by molar-refractivity contribution is 7.81. The van der Waals surface area contributed by atoms with Crippen molar-refractivity contribution in [3.05, 3.63) is 23.3 Å². The Morgan fingerprint density at radius 3 is 1.39 bits per heavy atom. The Balaban J connectivity index is 0.902. The summed E-state index contributed by atoms with van der Waals surface area (Å²) in [6.45, 7) is 13.2. The monoisotopic (exact) mass is 694 g/mol. The number of ketones is 2. The van der Waals surface area contributed by atoms with E-state index in [1.54, 1.807) is 13.8 Å². The summed E-state index contributed by atoms with van der Waals surface area (Å²) in [5, 5.41) is 0. The van der Waals surface area contributed by atoms with Crippen molar-refractivity contribution in [1.82, 2.24) is 0 Å². The fourth-order valence-electron chi connectivity index (χ4n) is 15.1. The molecule has 49 heavy (non-hydrogen) atoms. The van der Waals surface area contributed by atoms with Crippen LogP contribution in [0.4, 0.5) is 0 Å². The van der Waals surface area contributed by atoms with Gasteiger partial charge in [0.05, 0.1) is 12.2 Å². The van der Waals surface area contributed by atoms with Gasteiger partial charge in [0.2, 0.25) is 0 Å². The van der Waals surface area contributed by atoms with Crippen LogP contribution in [0.3, 0.4) is 0 Å². The second-order valence-electron chi connectivity index (χ2n) is 19.4. The molecule has 0 amide bonds. The van der Waals surface area contributed by atoms with Crippen LogP contribution < -0.4 is 0 Å². The first kappa shape index (κ1) is 34.8. The van der Waals surface area contributed by atoms with Gasteiger partial charge in [-0.2, -0.15) is 8.42 Å². The van der Waals surface area contributed by atoms with Crippen molar-refractivity contribution < 1.29 is 26.4 Å². The van der Waals surface area contributed by atoms with Gasteiger partial charge in [-0.25, -0.2) is 8.37 Å². The van der Waals surface area contributed by atoms with E-state index in [-0.39, 0.29) is 45.7 Å². The smallest absolute Gasteiger partial charge is 0.300 e. The molecule has 6 saturated carbocycles. The summed E-state index contributed by atoms with van der Waals surface area (Å²) >= 11 is 0. The highest BCUT2D eigenvalue weighted by Gasteiger charge is 2.61. The molecule has 14 atom stereocenters. The molecule has 8 aliphatic carbocycles. The topological polar surface area (TPSA) is 86.7 Å². The first-order chi connectivity index (χ1) is 23.1. The van der Waals surface area contributed by atoms with Crippen LogP contribution in [0.15, 0.2) is 23.3 Å². The predicted molar refractivity (Wildman–Crippen MR) is 190 cm³/mol. The van der Waals surface area contributed by atoms with Crippen LogP contribution in [-0.2, 0) is 28.4 Å². The molecule has 0 aromatic heterocycles. The van der Waals surface area contributed by atoms with E-state index in [9.17, 15) is 18.0 Å². The maximum Gasteiger partial charge on any atom is 0.400 e. The van der Waals surface area contributed by atoms with Gasteiger partial charge < -0.3 is 0 Å². The molecule has 0 N–H and O–H groups in total. The number of hydrogen-bond acceptors (Lipinski definition) is 6. The maximum atomic E-state index is 13.5. The van der Waals surface area contributed by atoms with Crippen molar-refractivity contribution >= 4 is 22.0 Å². The molecule has 0 spiro atoms. The summed E-state index contributed by atoms with van der Waals surface area (Å²) in [5.41, 5.74) is 3.23. The van der Waals surface area contributed by atoms with Crippen LogP contribution >= 0.6 is 0 Å². The fourth-order valence-corrected chi connectivity index (χ4v) is 16.2. The van der Waals surface area contributed by atoms with E-state index in [4.69, 9.17) is 8.37 Å². The standard InChI is InChI=1S/C42H62O6S/c1-25(43)33-11-13-35-31-9-7-27-23-29(15-19-39(27,3)37(31)17-21-41(33,35)5)47-49(45,46)48-30-16-20-40(4)28(24-30)8-10-32-36-14-12-34(26(2)44)42(36,6)22-18-38(32)40/h7-8,29-38H,9-24H2,1-6H3/t29?,30?,31-,32-,33+,34+,35-,36-,37-,38-,39-,40-,41+,42+/m0/s1. The van der Waals surface area contributed by atoms with E-state index >= 15 is 0 Å². The highest BCUT2D eigenvalue weighted by Crippen LogP contribution is 2.68. The minimum absolute atomic E-state index is 0.0875. The fraction of sp³-hybridized carbons (Fsp3) is 0.857. The molecule has 0 saturated heterocycles. The Morgan fingerprint density at radius 2 is 1.00 bits per heavy atom. The zero-order chi connectivity index (χ0) is 34.7. The van der Waals surface area contributed by atoms with Gasteiger partial charge in [-0.15, -0.1) is 0 Å². The molecular weight excluding hydrogens is 633 g/mol. The SMILES string of the molecule is CC(=O)[C@H]1CC[C@H]2[C@@H]3CC=C4CC(OS(=O)(=O)OC5CC[C@@]6(C)C(=CC[C@H]7[C@@H]8CC[C@H](C(C)=O)[C@@]8(C)CC[C@@H]76)C5)CC[C@]4(C)[C@H]3CC[C@]12C. The van der Waals surface area contributed by atoms with E-state index in [0.29, 0.717) is 59.9 Å². The van der Waals surface area contributed by atoms with Gasteiger partial charge >= 0.3 is 10.4 Å².